The van der Waals surface area contributed by atoms with Crippen molar-refractivity contribution in [3.8, 4) is 6.07 Å². The van der Waals surface area contributed by atoms with Gasteiger partial charge in [-0.1, -0.05) is 6.92 Å². The maximum atomic E-state index is 10.6. The molecule has 84 valence electrons. The third-order valence-corrected chi connectivity index (χ3v) is 2.20. The van der Waals surface area contributed by atoms with Gasteiger partial charge >= 0.3 is 5.97 Å². The van der Waals surface area contributed by atoms with Gasteiger partial charge in [0.25, 0.3) is 0 Å². The molecular weight excluding hydrogens is 206 g/mol. The van der Waals surface area contributed by atoms with Crippen LogP contribution in [0.4, 0.5) is 5.69 Å². The highest BCUT2D eigenvalue weighted by atomic mass is 16.4. The molecule has 1 rings (SSSR count). The molecule has 0 radical (unpaired) electrons. The Morgan fingerprint density at radius 3 is 3.12 bits per heavy atom. The lowest BCUT2D eigenvalue weighted by atomic mass is 10.1. The van der Waals surface area contributed by atoms with Crippen LogP contribution in [0.25, 0.3) is 0 Å². The van der Waals surface area contributed by atoms with Crippen molar-refractivity contribution in [2.24, 2.45) is 5.92 Å². The van der Waals surface area contributed by atoms with Gasteiger partial charge < -0.3 is 10.4 Å². The van der Waals surface area contributed by atoms with Crippen molar-refractivity contribution in [1.29, 1.82) is 5.26 Å². The summed E-state index contributed by atoms with van der Waals surface area (Å²) in [6.45, 7) is 2.22. The van der Waals surface area contributed by atoms with Crippen LogP contribution in [0.5, 0.6) is 0 Å². The average Bonchev–Trinajstić information content (AvgIpc) is 2.29. The molecule has 1 atom stereocenters. The topological polar surface area (TPSA) is 86.0 Å². The SMILES string of the molecule is CC(CCNc1ccnc(C#N)c1)C(=O)O. The minimum Gasteiger partial charge on any atom is -0.481 e. The number of pyridine rings is 1. The van der Waals surface area contributed by atoms with E-state index in [0.717, 1.165) is 5.69 Å². The van der Waals surface area contributed by atoms with Gasteiger partial charge in [0.1, 0.15) is 11.8 Å². The molecule has 0 aliphatic heterocycles. The average molecular weight is 219 g/mol. The molecule has 0 amide bonds. The minimum absolute atomic E-state index is 0.344. The monoisotopic (exact) mass is 219 g/mol. The molecule has 1 aromatic rings. The van der Waals surface area contributed by atoms with E-state index in [9.17, 15) is 4.79 Å². The first-order valence-corrected chi connectivity index (χ1v) is 4.96. The van der Waals surface area contributed by atoms with Crippen LogP contribution in [0.1, 0.15) is 19.0 Å². The Bertz CT molecular complexity index is 412. The summed E-state index contributed by atoms with van der Waals surface area (Å²) >= 11 is 0. The largest absolute Gasteiger partial charge is 0.481 e. The molecule has 1 aromatic heterocycles. The van der Waals surface area contributed by atoms with Gasteiger partial charge in [-0.2, -0.15) is 5.26 Å². The number of carboxylic acids is 1. The van der Waals surface area contributed by atoms with Gasteiger partial charge in [0.2, 0.25) is 0 Å². The Kier molecular flexibility index (Phi) is 4.28. The van der Waals surface area contributed by atoms with E-state index >= 15 is 0 Å². The van der Waals surface area contributed by atoms with E-state index in [-0.39, 0.29) is 5.92 Å². The normalized spacial score (nSPS) is 11.5. The zero-order chi connectivity index (χ0) is 12.0. The minimum atomic E-state index is -0.797. The van der Waals surface area contributed by atoms with Gasteiger partial charge in [-0.25, -0.2) is 4.98 Å². The number of anilines is 1. The predicted octanol–water partition coefficient (Wildman–Crippen LogP) is 1.48. The van der Waals surface area contributed by atoms with E-state index in [1.54, 1.807) is 25.3 Å². The third-order valence-electron chi connectivity index (χ3n) is 2.20. The number of nitrogens with zero attached hydrogens (tertiary/aromatic N) is 2. The lowest BCUT2D eigenvalue weighted by Gasteiger charge is -2.08. The van der Waals surface area contributed by atoms with Crippen molar-refractivity contribution in [3.05, 3.63) is 24.0 Å². The summed E-state index contributed by atoms with van der Waals surface area (Å²) < 4.78 is 0. The highest BCUT2D eigenvalue weighted by Crippen LogP contribution is 2.08. The molecular formula is C11H13N3O2. The Labute approximate surface area is 93.7 Å². The summed E-state index contributed by atoms with van der Waals surface area (Å²) in [5.41, 5.74) is 1.13. The molecule has 1 heterocycles. The molecule has 1 unspecified atom stereocenters. The highest BCUT2D eigenvalue weighted by molar-refractivity contribution is 5.69. The summed E-state index contributed by atoms with van der Waals surface area (Å²) in [5.74, 6) is -1.17. The molecule has 0 saturated carbocycles. The van der Waals surface area contributed by atoms with Crippen LogP contribution in [0, 0.1) is 17.2 Å². The van der Waals surface area contributed by atoms with Crippen molar-refractivity contribution < 1.29 is 9.90 Å². The first-order valence-electron chi connectivity index (χ1n) is 4.96. The zero-order valence-electron chi connectivity index (χ0n) is 8.97. The molecule has 5 nitrogen and oxygen atoms in total. The Morgan fingerprint density at radius 2 is 2.50 bits per heavy atom. The van der Waals surface area contributed by atoms with Crippen molar-refractivity contribution >= 4 is 11.7 Å². The van der Waals surface area contributed by atoms with Crippen molar-refractivity contribution in [1.82, 2.24) is 4.98 Å². The van der Waals surface area contributed by atoms with E-state index in [0.29, 0.717) is 18.7 Å². The first-order chi connectivity index (χ1) is 7.63. The maximum absolute atomic E-state index is 10.6. The maximum Gasteiger partial charge on any atom is 0.306 e. The van der Waals surface area contributed by atoms with Crippen molar-refractivity contribution in [2.75, 3.05) is 11.9 Å². The first kappa shape index (κ1) is 12.0. The molecule has 5 heteroatoms. The number of aliphatic carboxylic acids is 1. The quantitative estimate of drug-likeness (QED) is 0.783. The highest BCUT2D eigenvalue weighted by Gasteiger charge is 2.09. The Balaban J connectivity index is 2.43. The molecule has 2 N–H and O–H groups in total. The number of nitriles is 1. The Morgan fingerprint density at radius 1 is 1.75 bits per heavy atom. The van der Waals surface area contributed by atoms with Crippen LogP contribution in [-0.4, -0.2) is 22.6 Å². The molecule has 0 aliphatic rings. The standard InChI is InChI=1S/C11H13N3O2/c1-8(11(15)16)2-4-13-9-3-5-14-10(6-9)7-12/h3,5-6,8H,2,4H2,1H3,(H,13,14)(H,15,16). The fourth-order valence-electron chi connectivity index (χ4n) is 1.16. The summed E-state index contributed by atoms with van der Waals surface area (Å²) in [4.78, 5) is 14.4. The van der Waals surface area contributed by atoms with Crippen LogP contribution in [0.15, 0.2) is 18.3 Å². The van der Waals surface area contributed by atoms with Crippen LogP contribution >= 0.6 is 0 Å². The predicted molar refractivity (Wildman–Crippen MR) is 58.9 cm³/mol. The van der Waals surface area contributed by atoms with Gasteiger partial charge in [-0.3, -0.25) is 4.79 Å². The lowest BCUT2D eigenvalue weighted by molar-refractivity contribution is -0.141. The van der Waals surface area contributed by atoms with Gasteiger partial charge in [0, 0.05) is 18.4 Å². The summed E-state index contributed by atoms with van der Waals surface area (Å²) in [6.07, 6.45) is 2.08. The fraction of sp³-hybridized carbons (Fsp3) is 0.364. The van der Waals surface area contributed by atoms with E-state index in [4.69, 9.17) is 10.4 Å². The van der Waals surface area contributed by atoms with Crippen LogP contribution in [0.2, 0.25) is 0 Å². The molecule has 0 aromatic carbocycles. The summed E-state index contributed by atoms with van der Waals surface area (Å²) in [7, 11) is 0. The molecule has 0 bridgehead atoms. The van der Waals surface area contributed by atoms with Gasteiger partial charge in [0.05, 0.1) is 5.92 Å². The second-order valence-corrected chi connectivity index (χ2v) is 3.50. The van der Waals surface area contributed by atoms with E-state index < -0.39 is 5.97 Å². The number of carboxylic acid groups (broad SMARTS) is 1. The number of aromatic nitrogens is 1. The lowest BCUT2D eigenvalue weighted by Crippen LogP contribution is -2.14. The molecule has 0 spiro atoms. The summed E-state index contributed by atoms with van der Waals surface area (Å²) in [5, 5.41) is 20.4. The summed E-state index contributed by atoms with van der Waals surface area (Å²) in [6, 6.07) is 5.31. The van der Waals surface area contributed by atoms with Crippen LogP contribution < -0.4 is 5.32 Å². The second-order valence-electron chi connectivity index (χ2n) is 3.50. The van der Waals surface area contributed by atoms with E-state index in [1.807, 2.05) is 6.07 Å². The Hall–Kier alpha value is -2.09. The number of rotatable bonds is 5. The molecule has 16 heavy (non-hydrogen) atoms. The molecule has 0 aliphatic carbocycles. The van der Waals surface area contributed by atoms with Crippen LogP contribution in [0.3, 0.4) is 0 Å². The smallest absolute Gasteiger partial charge is 0.306 e. The second kappa shape index (κ2) is 5.71. The third kappa shape index (κ3) is 3.58. The number of carbonyl (C=O) groups is 1. The number of hydrogen-bond donors (Lipinski definition) is 2. The number of hydrogen-bond acceptors (Lipinski definition) is 4. The van der Waals surface area contributed by atoms with E-state index in [1.165, 1.54) is 0 Å². The fourth-order valence-corrected chi connectivity index (χ4v) is 1.16. The van der Waals surface area contributed by atoms with Gasteiger partial charge in [-0.05, 0) is 18.6 Å². The zero-order valence-corrected chi connectivity index (χ0v) is 8.97. The molecule has 0 saturated heterocycles. The number of nitrogens with one attached hydrogen (secondary N) is 1. The molecule has 0 fully saturated rings. The van der Waals surface area contributed by atoms with E-state index in [2.05, 4.69) is 10.3 Å². The van der Waals surface area contributed by atoms with Gasteiger partial charge in [-0.15, -0.1) is 0 Å². The van der Waals surface area contributed by atoms with Gasteiger partial charge in [0.15, 0.2) is 0 Å². The van der Waals surface area contributed by atoms with Crippen molar-refractivity contribution in [2.45, 2.75) is 13.3 Å². The van der Waals surface area contributed by atoms with Crippen molar-refractivity contribution in [3.63, 3.8) is 0 Å². The van der Waals surface area contributed by atoms with Crippen LogP contribution in [-0.2, 0) is 4.79 Å².